The second-order valence-corrected chi connectivity index (χ2v) is 5.36. The number of aryl methyl sites for hydroxylation is 1. The lowest BCUT2D eigenvalue weighted by Gasteiger charge is -2.32. The molecule has 0 N–H and O–H groups in total. The maximum atomic E-state index is 13.6. The summed E-state index contributed by atoms with van der Waals surface area (Å²) < 4.78 is 15.4. The van der Waals surface area contributed by atoms with Gasteiger partial charge in [-0.1, -0.05) is 6.07 Å². The Morgan fingerprint density at radius 3 is 2.71 bits per heavy atom. The summed E-state index contributed by atoms with van der Waals surface area (Å²) in [5.41, 5.74) is 0.966. The SMILES string of the molecule is Cc1ccc(C(=O)N2CCC(n3cncn3)CC2)cc1F. The van der Waals surface area contributed by atoms with E-state index in [9.17, 15) is 9.18 Å². The van der Waals surface area contributed by atoms with Crippen LogP contribution >= 0.6 is 0 Å². The Morgan fingerprint density at radius 1 is 1.33 bits per heavy atom. The molecule has 1 aliphatic heterocycles. The standard InChI is InChI=1S/C15H17FN4O/c1-11-2-3-12(8-14(11)16)15(21)19-6-4-13(5-7-19)20-10-17-9-18-20/h2-3,8-10,13H,4-7H2,1H3. The molecule has 5 nitrogen and oxygen atoms in total. The van der Waals surface area contributed by atoms with E-state index >= 15 is 0 Å². The summed E-state index contributed by atoms with van der Waals surface area (Å²) in [7, 11) is 0. The fourth-order valence-corrected chi connectivity index (χ4v) is 2.65. The Labute approximate surface area is 122 Å². The van der Waals surface area contributed by atoms with Crippen molar-refractivity contribution in [1.29, 1.82) is 0 Å². The summed E-state index contributed by atoms with van der Waals surface area (Å²) >= 11 is 0. The molecule has 0 bridgehead atoms. The Balaban J connectivity index is 1.66. The van der Waals surface area contributed by atoms with Crippen LogP contribution in [-0.2, 0) is 0 Å². The number of likely N-dealkylation sites (tertiary alicyclic amines) is 1. The number of carbonyl (C=O) groups is 1. The average Bonchev–Trinajstić information content (AvgIpc) is 3.04. The Bertz CT molecular complexity index is 633. The number of amides is 1. The van der Waals surface area contributed by atoms with Gasteiger partial charge < -0.3 is 4.90 Å². The van der Waals surface area contributed by atoms with Crippen molar-refractivity contribution in [3.63, 3.8) is 0 Å². The highest BCUT2D eigenvalue weighted by Crippen LogP contribution is 2.22. The third-order valence-electron chi connectivity index (χ3n) is 3.98. The number of hydrogen-bond donors (Lipinski definition) is 0. The van der Waals surface area contributed by atoms with Gasteiger partial charge >= 0.3 is 0 Å². The number of nitrogens with zero attached hydrogens (tertiary/aromatic N) is 4. The van der Waals surface area contributed by atoms with Crippen molar-refractivity contribution in [2.45, 2.75) is 25.8 Å². The number of carbonyl (C=O) groups excluding carboxylic acids is 1. The second kappa shape index (κ2) is 5.63. The summed E-state index contributed by atoms with van der Waals surface area (Å²) in [4.78, 5) is 18.1. The molecule has 1 aliphatic rings. The van der Waals surface area contributed by atoms with Crippen molar-refractivity contribution >= 4 is 5.91 Å². The quantitative estimate of drug-likeness (QED) is 0.851. The van der Waals surface area contributed by atoms with Crippen molar-refractivity contribution in [2.75, 3.05) is 13.1 Å². The van der Waals surface area contributed by atoms with E-state index in [0.717, 1.165) is 12.8 Å². The molecule has 1 saturated heterocycles. The van der Waals surface area contributed by atoms with E-state index in [1.54, 1.807) is 30.3 Å². The van der Waals surface area contributed by atoms with E-state index in [4.69, 9.17) is 0 Å². The molecule has 1 amide bonds. The zero-order valence-corrected chi connectivity index (χ0v) is 11.9. The molecule has 1 fully saturated rings. The molecular formula is C15H17FN4O. The van der Waals surface area contributed by atoms with Gasteiger partial charge in [0.15, 0.2) is 0 Å². The van der Waals surface area contributed by atoms with Gasteiger partial charge in [0.2, 0.25) is 0 Å². The predicted molar refractivity (Wildman–Crippen MR) is 75.3 cm³/mol. The summed E-state index contributed by atoms with van der Waals surface area (Å²) in [6.07, 6.45) is 4.90. The molecule has 110 valence electrons. The molecule has 0 aliphatic carbocycles. The highest BCUT2D eigenvalue weighted by molar-refractivity contribution is 5.94. The third-order valence-corrected chi connectivity index (χ3v) is 3.98. The lowest BCUT2D eigenvalue weighted by molar-refractivity contribution is 0.0689. The van der Waals surface area contributed by atoms with Gasteiger partial charge in [0.25, 0.3) is 5.91 Å². The fraction of sp³-hybridized carbons (Fsp3) is 0.400. The van der Waals surface area contributed by atoms with Crippen LogP contribution in [0, 0.1) is 12.7 Å². The van der Waals surface area contributed by atoms with Crippen molar-refractivity contribution in [3.8, 4) is 0 Å². The van der Waals surface area contributed by atoms with Crippen LogP contribution < -0.4 is 0 Å². The van der Waals surface area contributed by atoms with Gasteiger partial charge in [-0.15, -0.1) is 0 Å². The smallest absolute Gasteiger partial charge is 0.253 e. The molecule has 21 heavy (non-hydrogen) atoms. The molecule has 0 spiro atoms. The van der Waals surface area contributed by atoms with Crippen molar-refractivity contribution < 1.29 is 9.18 Å². The summed E-state index contributed by atoms with van der Waals surface area (Å²) in [5.74, 6) is -0.440. The van der Waals surface area contributed by atoms with E-state index in [1.165, 1.54) is 12.4 Å². The van der Waals surface area contributed by atoms with Crippen LogP contribution in [0.15, 0.2) is 30.9 Å². The van der Waals surface area contributed by atoms with E-state index in [1.807, 2.05) is 4.68 Å². The van der Waals surface area contributed by atoms with Gasteiger partial charge in [-0.05, 0) is 37.5 Å². The van der Waals surface area contributed by atoms with Crippen LogP contribution in [-0.4, -0.2) is 38.7 Å². The number of benzene rings is 1. The molecule has 6 heteroatoms. The fourth-order valence-electron chi connectivity index (χ4n) is 2.65. The van der Waals surface area contributed by atoms with Gasteiger partial charge in [-0.3, -0.25) is 4.79 Å². The van der Waals surface area contributed by atoms with Gasteiger partial charge in [0, 0.05) is 18.7 Å². The number of piperidine rings is 1. The zero-order chi connectivity index (χ0) is 14.8. The van der Waals surface area contributed by atoms with Crippen molar-refractivity contribution in [2.24, 2.45) is 0 Å². The van der Waals surface area contributed by atoms with Crippen LogP contribution in [0.1, 0.15) is 34.8 Å². The average molecular weight is 288 g/mol. The number of aromatic nitrogens is 3. The van der Waals surface area contributed by atoms with Gasteiger partial charge in [0.1, 0.15) is 18.5 Å². The molecule has 0 unspecified atom stereocenters. The first-order valence-corrected chi connectivity index (χ1v) is 7.04. The van der Waals surface area contributed by atoms with E-state index in [-0.39, 0.29) is 17.8 Å². The molecule has 3 rings (SSSR count). The first kappa shape index (κ1) is 13.7. The van der Waals surface area contributed by atoms with Crippen LogP contribution in [0.5, 0.6) is 0 Å². The largest absolute Gasteiger partial charge is 0.338 e. The lowest BCUT2D eigenvalue weighted by Crippen LogP contribution is -2.39. The summed E-state index contributed by atoms with van der Waals surface area (Å²) in [6, 6.07) is 4.93. The molecule has 2 heterocycles. The minimum atomic E-state index is -0.335. The zero-order valence-electron chi connectivity index (χ0n) is 11.9. The number of rotatable bonds is 2. The minimum Gasteiger partial charge on any atom is -0.338 e. The van der Waals surface area contributed by atoms with E-state index in [2.05, 4.69) is 10.1 Å². The van der Waals surface area contributed by atoms with Crippen LogP contribution in [0.2, 0.25) is 0 Å². The van der Waals surface area contributed by atoms with Gasteiger partial charge in [-0.2, -0.15) is 5.10 Å². The highest BCUT2D eigenvalue weighted by Gasteiger charge is 2.25. The topological polar surface area (TPSA) is 51.0 Å². The molecule has 2 aromatic rings. The third kappa shape index (κ3) is 2.79. The normalized spacial score (nSPS) is 16.2. The van der Waals surface area contributed by atoms with Crippen molar-refractivity contribution in [1.82, 2.24) is 19.7 Å². The molecule has 0 atom stereocenters. The van der Waals surface area contributed by atoms with Crippen LogP contribution in [0.4, 0.5) is 4.39 Å². The first-order valence-electron chi connectivity index (χ1n) is 7.04. The number of hydrogen-bond acceptors (Lipinski definition) is 3. The molecule has 1 aromatic carbocycles. The second-order valence-electron chi connectivity index (χ2n) is 5.36. The Morgan fingerprint density at radius 2 is 2.10 bits per heavy atom. The van der Waals surface area contributed by atoms with Crippen LogP contribution in [0.25, 0.3) is 0 Å². The molecule has 0 radical (unpaired) electrons. The van der Waals surface area contributed by atoms with Gasteiger partial charge in [0.05, 0.1) is 6.04 Å². The summed E-state index contributed by atoms with van der Waals surface area (Å²) in [5, 5.41) is 4.14. The Hall–Kier alpha value is -2.24. The van der Waals surface area contributed by atoms with E-state index in [0.29, 0.717) is 24.2 Å². The molecule has 0 saturated carbocycles. The maximum absolute atomic E-state index is 13.6. The maximum Gasteiger partial charge on any atom is 0.253 e. The van der Waals surface area contributed by atoms with Crippen molar-refractivity contribution in [3.05, 3.63) is 47.8 Å². The van der Waals surface area contributed by atoms with Crippen LogP contribution in [0.3, 0.4) is 0 Å². The molecule has 1 aromatic heterocycles. The lowest BCUT2D eigenvalue weighted by atomic mass is 10.0. The number of halogens is 1. The van der Waals surface area contributed by atoms with Gasteiger partial charge in [-0.25, -0.2) is 14.1 Å². The minimum absolute atomic E-state index is 0.106. The van der Waals surface area contributed by atoms with E-state index < -0.39 is 0 Å². The summed E-state index contributed by atoms with van der Waals surface area (Å²) in [6.45, 7) is 2.99. The predicted octanol–water partition coefficient (Wildman–Crippen LogP) is 2.20. The highest BCUT2D eigenvalue weighted by atomic mass is 19.1. The molecular weight excluding hydrogens is 271 g/mol. The monoisotopic (exact) mass is 288 g/mol. The first-order chi connectivity index (χ1) is 10.1. The Kier molecular flexibility index (Phi) is 3.68.